The van der Waals surface area contributed by atoms with Gasteiger partial charge in [-0.3, -0.25) is 0 Å². The summed E-state index contributed by atoms with van der Waals surface area (Å²) in [4.78, 5) is 5.09. The van der Waals surface area contributed by atoms with Gasteiger partial charge in [-0.25, -0.2) is 0 Å². The molecule has 0 aromatic heterocycles. The van der Waals surface area contributed by atoms with Crippen LogP contribution in [0.5, 0.6) is 0 Å². The third-order valence-electron chi connectivity index (χ3n) is 7.16. The van der Waals surface area contributed by atoms with Gasteiger partial charge in [-0.15, -0.1) is 0 Å². The highest BCUT2D eigenvalue weighted by Crippen LogP contribution is 2.62. The van der Waals surface area contributed by atoms with Gasteiger partial charge in [0.25, 0.3) is 0 Å². The van der Waals surface area contributed by atoms with Crippen LogP contribution < -0.4 is 9.80 Å². The van der Waals surface area contributed by atoms with E-state index in [1.165, 1.54) is 22.6 Å². The highest BCUT2D eigenvalue weighted by molar-refractivity contribution is 5.86. The zero-order valence-electron chi connectivity index (χ0n) is 15.5. The second kappa shape index (κ2) is 5.02. The van der Waals surface area contributed by atoms with Gasteiger partial charge in [0.05, 0.1) is 11.4 Å². The largest absolute Gasteiger partial charge is 0.352 e. The molecule has 0 radical (unpaired) electrons. The van der Waals surface area contributed by atoms with E-state index in [1.807, 2.05) is 0 Å². The van der Waals surface area contributed by atoms with Crippen LogP contribution in [0.2, 0.25) is 0 Å². The van der Waals surface area contributed by atoms with Gasteiger partial charge >= 0.3 is 0 Å². The molecule has 0 aliphatic carbocycles. The molecule has 4 rings (SSSR count). The van der Waals surface area contributed by atoms with Crippen molar-refractivity contribution in [1.82, 2.24) is 0 Å². The smallest absolute Gasteiger partial charge is 0.112 e. The maximum Gasteiger partial charge on any atom is 0.112 e. The van der Waals surface area contributed by atoms with E-state index in [4.69, 9.17) is 0 Å². The van der Waals surface area contributed by atoms with Gasteiger partial charge in [0.15, 0.2) is 0 Å². The Morgan fingerprint density at radius 3 is 2.04 bits per heavy atom. The van der Waals surface area contributed by atoms with E-state index < -0.39 is 0 Å². The summed E-state index contributed by atoms with van der Waals surface area (Å²) in [6.45, 7) is 9.68. The van der Waals surface area contributed by atoms with E-state index in [9.17, 15) is 0 Å². The van der Waals surface area contributed by atoms with E-state index in [0.717, 1.165) is 12.8 Å². The molecule has 0 amide bonds. The van der Waals surface area contributed by atoms with Gasteiger partial charge in [0.1, 0.15) is 6.17 Å². The Kier molecular flexibility index (Phi) is 3.25. The average molecular weight is 320 g/mol. The lowest BCUT2D eigenvalue weighted by atomic mass is 9.55. The minimum Gasteiger partial charge on any atom is -0.352 e. The lowest BCUT2D eigenvalue weighted by molar-refractivity contribution is 0.0944. The number of hydrogen-bond donors (Lipinski definition) is 0. The molecule has 2 aliphatic rings. The third kappa shape index (κ3) is 1.62. The van der Waals surface area contributed by atoms with Crippen LogP contribution in [0.25, 0.3) is 0 Å². The zero-order valence-corrected chi connectivity index (χ0v) is 15.5. The fourth-order valence-corrected chi connectivity index (χ4v) is 5.29. The molecule has 24 heavy (non-hydrogen) atoms. The normalized spacial score (nSPS) is 30.8. The van der Waals surface area contributed by atoms with Crippen LogP contribution in [-0.2, 0) is 5.41 Å². The van der Waals surface area contributed by atoms with Crippen molar-refractivity contribution in [3.05, 3.63) is 54.1 Å². The Labute approximate surface area is 146 Å². The fourth-order valence-electron chi connectivity index (χ4n) is 5.29. The standard InChI is InChI=1S/C22H28N2/c1-6-21(3)16-12-8-9-13-17(16)24-19-15-11-10-14-18(19)23(5)20(24)22(21,4)7-2/h8-15,20H,6-7H2,1-5H3/t20?,21?,22-/m0/s1. The first-order valence-corrected chi connectivity index (χ1v) is 9.20. The lowest BCUT2D eigenvalue weighted by Crippen LogP contribution is -2.62. The molecule has 2 aromatic rings. The topological polar surface area (TPSA) is 6.48 Å². The molecule has 0 bridgehead atoms. The number of nitrogens with zero attached hydrogens (tertiary/aromatic N) is 2. The number of rotatable bonds is 2. The molecular formula is C22H28N2. The minimum atomic E-state index is 0.163. The average Bonchev–Trinajstić information content (AvgIpc) is 2.93. The van der Waals surface area contributed by atoms with Gasteiger partial charge in [-0.1, -0.05) is 58.0 Å². The van der Waals surface area contributed by atoms with E-state index >= 15 is 0 Å². The number of benzene rings is 2. The van der Waals surface area contributed by atoms with E-state index in [-0.39, 0.29) is 10.8 Å². The summed E-state index contributed by atoms with van der Waals surface area (Å²) < 4.78 is 0. The van der Waals surface area contributed by atoms with Crippen molar-refractivity contribution < 1.29 is 0 Å². The summed E-state index contributed by atoms with van der Waals surface area (Å²) in [5.74, 6) is 0. The van der Waals surface area contributed by atoms with Crippen LogP contribution in [-0.4, -0.2) is 13.2 Å². The molecule has 0 saturated heterocycles. The van der Waals surface area contributed by atoms with E-state index in [1.54, 1.807) is 0 Å². The zero-order chi connectivity index (χ0) is 17.1. The highest BCUT2D eigenvalue weighted by atomic mass is 15.4. The molecule has 2 aromatic carbocycles. The first-order chi connectivity index (χ1) is 11.5. The first-order valence-electron chi connectivity index (χ1n) is 9.20. The van der Waals surface area contributed by atoms with Crippen LogP contribution in [0, 0.1) is 5.41 Å². The van der Waals surface area contributed by atoms with Gasteiger partial charge in [-0.2, -0.15) is 0 Å². The number of hydrogen-bond acceptors (Lipinski definition) is 2. The molecule has 126 valence electrons. The molecule has 3 atom stereocenters. The van der Waals surface area contributed by atoms with Crippen LogP contribution >= 0.6 is 0 Å². The summed E-state index contributed by atoms with van der Waals surface area (Å²) in [6, 6.07) is 17.9. The maximum atomic E-state index is 2.59. The van der Waals surface area contributed by atoms with Crippen LogP contribution in [0.1, 0.15) is 46.1 Å². The fraction of sp³-hybridized carbons (Fsp3) is 0.455. The van der Waals surface area contributed by atoms with Gasteiger partial charge < -0.3 is 9.80 Å². The van der Waals surface area contributed by atoms with Crippen LogP contribution in [0.3, 0.4) is 0 Å². The van der Waals surface area contributed by atoms with Gasteiger partial charge in [0, 0.05) is 23.6 Å². The molecular weight excluding hydrogens is 292 g/mol. The molecule has 2 heteroatoms. The molecule has 0 N–H and O–H groups in total. The van der Waals surface area contributed by atoms with Crippen molar-refractivity contribution in [3.8, 4) is 0 Å². The molecule has 2 aliphatic heterocycles. The van der Waals surface area contributed by atoms with Crippen LogP contribution in [0.15, 0.2) is 48.5 Å². The summed E-state index contributed by atoms with van der Waals surface area (Å²) in [5.41, 5.74) is 5.90. The Morgan fingerprint density at radius 1 is 0.833 bits per heavy atom. The second-order valence-corrected chi connectivity index (χ2v) is 7.82. The predicted octanol–water partition coefficient (Wildman–Crippen LogP) is 5.70. The molecule has 2 heterocycles. The lowest BCUT2D eigenvalue weighted by Gasteiger charge is -2.58. The number of fused-ring (bicyclic) bond motifs is 5. The van der Waals surface area contributed by atoms with Crippen molar-refractivity contribution in [2.45, 2.75) is 52.1 Å². The minimum absolute atomic E-state index is 0.163. The van der Waals surface area contributed by atoms with Gasteiger partial charge in [0.2, 0.25) is 0 Å². The van der Waals surface area contributed by atoms with Crippen molar-refractivity contribution in [2.75, 3.05) is 16.8 Å². The Balaban J connectivity index is 2.06. The Bertz CT molecular complexity index is 783. The summed E-state index contributed by atoms with van der Waals surface area (Å²) in [7, 11) is 2.27. The molecule has 2 nitrogen and oxygen atoms in total. The molecule has 0 spiro atoms. The first kappa shape index (κ1) is 15.6. The molecule has 0 saturated carbocycles. The molecule has 0 fully saturated rings. The van der Waals surface area contributed by atoms with E-state index in [2.05, 4.69) is 93.1 Å². The molecule has 2 unspecified atom stereocenters. The summed E-state index contributed by atoms with van der Waals surface area (Å²) >= 11 is 0. The van der Waals surface area contributed by atoms with Gasteiger partial charge in [-0.05, 0) is 36.6 Å². The van der Waals surface area contributed by atoms with Crippen molar-refractivity contribution in [3.63, 3.8) is 0 Å². The Hall–Kier alpha value is -1.96. The maximum absolute atomic E-state index is 2.59. The third-order valence-corrected chi connectivity index (χ3v) is 7.16. The van der Waals surface area contributed by atoms with E-state index in [0.29, 0.717) is 6.17 Å². The highest BCUT2D eigenvalue weighted by Gasteiger charge is 2.59. The quantitative estimate of drug-likeness (QED) is 0.700. The number of para-hydroxylation sites is 3. The Morgan fingerprint density at radius 2 is 1.42 bits per heavy atom. The summed E-state index contributed by atoms with van der Waals surface area (Å²) in [5, 5.41) is 0. The van der Waals surface area contributed by atoms with Crippen molar-refractivity contribution >= 4 is 17.1 Å². The monoisotopic (exact) mass is 320 g/mol. The number of anilines is 3. The predicted molar refractivity (Wildman–Crippen MR) is 103 cm³/mol. The van der Waals surface area contributed by atoms with Crippen molar-refractivity contribution in [1.29, 1.82) is 0 Å². The SMILES string of the molecule is CCC1(C)c2ccccc2N2c3ccccc3N(C)C2[C@]1(C)CC. The second-order valence-electron chi connectivity index (χ2n) is 7.82. The van der Waals surface area contributed by atoms with Crippen LogP contribution in [0.4, 0.5) is 17.1 Å². The summed E-state index contributed by atoms with van der Waals surface area (Å²) in [6.07, 6.45) is 2.67. The van der Waals surface area contributed by atoms with Crippen molar-refractivity contribution in [2.24, 2.45) is 5.41 Å².